The van der Waals surface area contributed by atoms with Gasteiger partial charge >= 0.3 is 0 Å². The highest BCUT2D eigenvalue weighted by atomic mass is 79.9. The molecule has 0 spiro atoms. The first-order chi connectivity index (χ1) is 8.86. The number of aromatic nitrogens is 2. The standard InChI is InChI=1S/C13H14BrN3OS/c1-13(2,3)11(18)15-12-17-16-10(19-12)8-4-6-9(14)7-5-8/h4-7H,1-3H3,(H,15,17,18). The van der Waals surface area contributed by atoms with Gasteiger partial charge in [0.25, 0.3) is 0 Å². The molecule has 2 aromatic rings. The van der Waals surface area contributed by atoms with Crippen LogP contribution in [0.2, 0.25) is 0 Å². The summed E-state index contributed by atoms with van der Waals surface area (Å²) in [5.41, 5.74) is 0.542. The minimum Gasteiger partial charge on any atom is -0.300 e. The topological polar surface area (TPSA) is 54.9 Å². The zero-order valence-electron chi connectivity index (χ0n) is 10.9. The van der Waals surface area contributed by atoms with E-state index in [2.05, 4.69) is 31.4 Å². The molecule has 0 saturated heterocycles. The lowest BCUT2D eigenvalue weighted by Gasteiger charge is -2.15. The van der Waals surface area contributed by atoms with Crippen molar-refractivity contribution in [2.45, 2.75) is 20.8 Å². The van der Waals surface area contributed by atoms with Gasteiger partial charge in [-0.25, -0.2) is 0 Å². The maximum absolute atomic E-state index is 11.8. The molecule has 4 nitrogen and oxygen atoms in total. The Morgan fingerprint density at radius 2 is 1.84 bits per heavy atom. The highest BCUT2D eigenvalue weighted by Crippen LogP contribution is 2.28. The van der Waals surface area contributed by atoms with Gasteiger partial charge in [0, 0.05) is 15.5 Å². The molecule has 100 valence electrons. The van der Waals surface area contributed by atoms with Crippen molar-refractivity contribution in [2.24, 2.45) is 5.41 Å². The molecular weight excluding hydrogens is 326 g/mol. The molecule has 0 aliphatic heterocycles. The number of nitrogens with zero attached hydrogens (tertiary/aromatic N) is 2. The fourth-order valence-electron chi connectivity index (χ4n) is 1.27. The Morgan fingerprint density at radius 1 is 1.21 bits per heavy atom. The summed E-state index contributed by atoms with van der Waals surface area (Å²) in [6.07, 6.45) is 0. The summed E-state index contributed by atoms with van der Waals surface area (Å²) in [5, 5.41) is 12.2. The van der Waals surface area contributed by atoms with Crippen molar-refractivity contribution in [1.29, 1.82) is 0 Å². The quantitative estimate of drug-likeness (QED) is 0.901. The first-order valence-electron chi connectivity index (χ1n) is 5.77. The third-order valence-electron chi connectivity index (χ3n) is 2.42. The third kappa shape index (κ3) is 3.61. The molecule has 0 atom stereocenters. The van der Waals surface area contributed by atoms with Crippen molar-refractivity contribution < 1.29 is 4.79 Å². The summed E-state index contributed by atoms with van der Waals surface area (Å²) < 4.78 is 1.02. The van der Waals surface area contributed by atoms with Gasteiger partial charge < -0.3 is 5.32 Å². The van der Waals surface area contributed by atoms with Crippen molar-refractivity contribution in [3.05, 3.63) is 28.7 Å². The van der Waals surface area contributed by atoms with Crippen LogP contribution in [0.1, 0.15) is 20.8 Å². The van der Waals surface area contributed by atoms with Crippen molar-refractivity contribution in [1.82, 2.24) is 10.2 Å². The van der Waals surface area contributed by atoms with E-state index in [0.717, 1.165) is 15.0 Å². The van der Waals surface area contributed by atoms with Crippen LogP contribution in [0.25, 0.3) is 10.6 Å². The van der Waals surface area contributed by atoms with Gasteiger partial charge in [0.2, 0.25) is 11.0 Å². The van der Waals surface area contributed by atoms with Crippen LogP contribution >= 0.6 is 27.3 Å². The molecule has 0 bridgehead atoms. The maximum Gasteiger partial charge on any atom is 0.231 e. The molecule has 2 rings (SSSR count). The Hall–Kier alpha value is -1.27. The van der Waals surface area contributed by atoms with Gasteiger partial charge in [-0.3, -0.25) is 4.79 Å². The Bertz CT molecular complexity index is 587. The molecule has 1 amide bonds. The Morgan fingerprint density at radius 3 is 2.42 bits per heavy atom. The highest BCUT2D eigenvalue weighted by molar-refractivity contribution is 9.10. The van der Waals surface area contributed by atoms with E-state index >= 15 is 0 Å². The van der Waals surface area contributed by atoms with Crippen LogP contribution in [0.3, 0.4) is 0 Å². The third-order valence-corrected chi connectivity index (χ3v) is 3.83. The number of hydrogen-bond acceptors (Lipinski definition) is 4. The van der Waals surface area contributed by atoms with Crippen molar-refractivity contribution in [3.63, 3.8) is 0 Å². The monoisotopic (exact) mass is 339 g/mol. The highest BCUT2D eigenvalue weighted by Gasteiger charge is 2.22. The van der Waals surface area contributed by atoms with Crippen LogP contribution in [-0.2, 0) is 4.79 Å². The first-order valence-corrected chi connectivity index (χ1v) is 7.38. The fourth-order valence-corrected chi connectivity index (χ4v) is 2.28. The van der Waals surface area contributed by atoms with E-state index in [1.165, 1.54) is 11.3 Å². The minimum absolute atomic E-state index is 0.0639. The number of carbonyl (C=O) groups is 1. The zero-order chi connectivity index (χ0) is 14.0. The van der Waals surface area contributed by atoms with Crippen LogP contribution in [0, 0.1) is 5.41 Å². The van der Waals surface area contributed by atoms with Gasteiger partial charge in [-0.15, -0.1) is 10.2 Å². The lowest BCUT2D eigenvalue weighted by molar-refractivity contribution is -0.123. The van der Waals surface area contributed by atoms with E-state index in [1.54, 1.807) is 0 Å². The maximum atomic E-state index is 11.8. The smallest absolute Gasteiger partial charge is 0.231 e. The summed E-state index contributed by atoms with van der Waals surface area (Å²) in [4.78, 5) is 11.8. The summed E-state index contributed by atoms with van der Waals surface area (Å²) >= 11 is 4.75. The predicted molar refractivity (Wildman–Crippen MR) is 81.1 cm³/mol. The van der Waals surface area contributed by atoms with Crippen molar-refractivity contribution in [3.8, 4) is 10.6 Å². The number of rotatable bonds is 2. The van der Waals surface area contributed by atoms with Gasteiger partial charge in [0.1, 0.15) is 5.01 Å². The van der Waals surface area contributed by atoms with Gasteiger partial charge in [0.05, 0.1) is 0 Å². The molecule has 0 aliphatic rings. The molecule has 0 aliphatic carbocycles. The molecular formula is C13H14BrN3OS. The molecule has 19 heavy (non-hydrogen) atoms. The SMILES string of the molecule is CC(C)(C)C(=O)Nc1nnc(-c2ccc(Br)cc2)s1. The average molecular weight is 340 g/mol. The molecule has 0 radical (unpaired) electrons. The molecule has 1 heterocycles. The van der Waals surface area contributed by atoms with Crippen molar-refractivity contribution in [2.75, 3.05) is 5.32 Å². The lowest BCUT2D eigenvalue weighted by atomic mass is 9.96. The summed E-state index contributed by atoms with van der Waals surface area (Å²) in [5.74, 6) is -0.0639. The largest absolute Gasteiger partial charge is 0.300 e. The van der Waals surface area contributed by atoms with E-state index in [4.69, 9.17) is 0 Å². The average Bonchev–Trinajstić information content (AvgIpc) is 2.77. The second-order valence-corrected chi connectivity index (χ2v) is 7.02. The number of amides is 1. The zero-order valence-corrected chi connectivity index (χ0v) is 13.3. The number of nitrogens with one attached hydrogen (secondary N) is 1. The van der Waals surface area contributed by atoms with Gasteiger partial charge in [0.15, 0.2) is 0 Å². The summed E-state index contributed by atoms with van der Waals surface area (Å²) in [6, 6.07) is 7.81. The first kappa shape index (κ1) is 14.1. The van der Waals surface area contributed by atoms with Gasteiger partial charge in [-0.2, -0.15) is 0 Å². The molecule has 6 heteroatoms. The van der Waals surface area contributed by atoms with Gasteiger partial charge in [-0.05, 0) is 12.1 Å². The predicted octanol–water partition coefficient (Wildman–Crippen LogP) is 3.95. The van der Waals surface area contributed by atoms with E-state index < -0.39 is 5.41 Å². The number of benzene rings is 1. The lowest BCUT2D eigenvalue weighted by Crippen LogP contribution is -2.27. The Kier molecular flexibility index (Phi) is 4.01. The fraction of sp³-hybridized carbons (Fsp3) is 0.308. The molecule has 1 aromatic heterocycles. The van der Waals surface area contributed by atoms with Crippen LogP contribution in [0.15, 0.2) is 28.7 Å². The molecule has 1 N–H and O–H groups in total. The minimum atomic E-state index is -0.441. The number of halogens is 1. The Labute approximate surface area is 124 Å². The number of anilines is 1. The molecule has 1 aromatic carbocycles. The van der Waals surface area contributed by atoms with E-state index in [0.29, 0.717) is 5.13 Å². The normalized spacial score (nSPS) is 11.4. The second kappa shape index (κ2) is 5.38. The Balaban J connectivity index is 2.16. The molecule has 0 unspecified atom stereocenters. The second-order valence-electron chi connectivity index (χ2n) is 5.12. The van der Waals surface area contributed by atoms with Crippen LogP contribution < -0.4 is 5.32 Å². The van der Waals surface area contributed by atoms with Crippen molar-refractivity contribution >= 4 is 38.3 Å². The van der Waals surface area contributed by atoms with Crippen LogP contribution in [-0.4, -0.2) is 16.1 Å². The van der Waals surface area contributed by atoms with Crippen LogP contribution in [0.5, 0.6) is 0 Å². The number of carbonyl (C=O) groups excluding carboxylic acids is 1. The molecule has 0 fully saturated rings. The summed E-state index contributed by atoms with van der Waals surface area (Å²) in [6.45, 7) is 5.58. The number of hydrogen-bond donors (Lipinski definition) is 1. The molecule has 0 saturated carbocycles. The van der Waals surface area contributed by atoms with Crippen LogP contribution in [0.4, 0.5) is 5.13 Å². The summed E-state index contributed by atoms with van der Waals surface area (Å²) in [7, 11) is 0. The van der Waals surface area contributed by atoms with E-state index in [9.17, 15) is 4.79 Å². The van der Waals surface area contributed by atoms with E-state index in [1.807, 2.05) is 45.0 Å². The van der Waals surface area contributed by atoms with E-state index in [-0.39, 0.29) is 5.91 Å². The van der Waals surface area contributed by atoms with Gasteiger partial charge in [-0.1, -0.05) is 60.2 Å².